The van der Waals surface area contributed by atoms with E-state index in [-0.39, 0.29) is 40.0 Å². The molecule has 5 rings (SSSR count). The molecule has 0 saturated carbocycles. The summed E-state index contributed by atoms with van der Waals surface area (Å²) in [5, 5.41) is 13.9. The first-order valence-electron chi connectivity index (χ1n) is 14.9. The Labute approximate surface area is 271 Å². The molecular formula is C32H34F3N7O4S. The molecule has 1 aliphatic rings. The van der Waals surface area contributed by atoms with Crippen molar-refractivity contribution in [1.29, 1.82) is 5.26 Å². The van der Waals surface area contributed by atoms with Crippen molar-refractivity contribution < 1.29 is 31.1 Å². The molecule has 1 fully saturated rings. The van der Waals surface area contributed by atoms with Crippen LogP contribution in [0.1, 0.15) is 49.3 Å². The number of piperidine rings is 1. The fraction of sp³-hybridized carbons (Fsp3) is 0.375. The Hall–Kier alpha value is -4.68. The number of sulfonamides is 1. The Morgan fingerprint density at radius 2 is 1.79 bits per heavy atom. The van der Waals surface area contributed by atoms with Crippen molar-refractivity contribution in [2.45, 2.75) is 43.7 Å². The number of benzene rings is 2. The van der Waals surface area contributed by atoms with E-state index in [9.17, 15) is 26.9 Å². The van der Waals surface area contributed by atoms with Gasteiger partial charge in [0, 0.05) is 18.8 Å². The third kappa shape index (κ3) is 7.83. The number of hydrogen-bond donors (Lipinski definition) is 1. The van der Waals surface area contributed by atoms with E-state index < -0.39 is 39.3 Å². The monoisotopic (exact) mass is 669 g/mol. The lowest BCUT2D eigenvalue weighted by Gasteiger charge is -2.29. The van der Waals surface area contributed by atoms with Gasteiger partial charge in [-0.1, -0.05) is 38.1 Å². The first kappa shape index (κ1) is 33.7. The van der Waals surface area contributed by atoms with Crippen molar-refractivity contribution in [3.8, 4) is 34.7 Å². The van der Waals surface area contributed by atoms with Gasteiger partial charge in [-0.15, -0.1) is 0 Å². The number of nitrogens with one attached hydrogen (secondary N) is 1. The highest BCUT2D eigenvalue weighted by Crippen LogP contribution is 2.45. The molecule has 1 N–H and O–H groups in total. The van der Waals surface area contributed by atoms with Crippen LogP contribution < -0.4 is 14.2 Å². The lowest BCUT2D eigenvalue weighted by Crippen LogP contribution is -2.29. The van der Waals surface area contributed by atoms with Crippen LogP contribution in [0.25, 0.3) is 11.3 Å². The molecule has 0 atom stereocenters. The lowest BCUT2D eigenvalue weighted by atomic mass is 9.90. The van der Waals surface area contributed by atoms with Crippen LogP contribution in [0.4, 0.5) is 19.1 Å². The Balaban J connectivity index is 1.64. The first-order valence-corrected chi connectivity index (χ1v) is 16.4. The average molecular weight is 670 g/mol. The van der Waals surface area contributed by atoms with Crippen molar-refractivity contribution in [2.75, 3.05) is 31.5 Å². The molecular weight excluding hydrogens is 635 g/mol. The van der Waals surface area contributed by atoms with Crippen molar-refractivity contribution in [3.63, 3.8) is 0 Å². The van der Waals surface area contributed by atoms with Crippen LogP contribution in [0.2, 0.25) is 0 Å². The predicted molar refractivity (Wildman–Crippen MR) is 168 cm³/mol. The molecule has 0 radical (unpaired) electrons. The zero-order valence-electron chi connectivity index (χ0n) is 26.2. The quantitative estimate of drug-likeness (QED) is 0.209. The van der Waals surface area contributed by atoms with Crippen LogP contribution in [-0.2, 0) is 23.2 Å². The average Bonchev–Trinajstić information content (AvgIpc) is 3.47. The molecule has 2 aromatic carbocycles. The van der Waals surface area contributed by atoms with Gasteiger partial charge in [-0.05, 0) is 68.6 Å². The highest BCUT2D eigenvalue weighted by molar-refractivity contribution is 7.92. The largest absolute Gasteiger partial charge is 0.492 e. The number of nitriles is 1. The number of aryl methyl sites for hydroxylation is 1. The molecule has 0 unspecified atom stereocenters. The lowest BCUT2D eigenvalue weighted by molar-refractivity contribution is -0.138. The molecule has 0 aliphatic carbocycles. The van der Waals surface area contributed by atoms with Gasteiger partial charge in [0.2, 0.25) is 11.8 Å². The second-order valence-corrected chi connectivity index (χ2v) is 13.5. The molecule has 47 heavy (non-hydrogen) atoms. The number of anilines is 1. The number of alkyl halides is 3. The fourth-order valence-electron chi connectivity index (χ4n) is 5.21. The summed E-state index contributed by atoms with van der Waals surface area (Å²) in [4.78, 5) is 9.90. The summed E-state index contributed by atoms with van der Waals surface area (Å²) in [7, 11) is -0.818. The molecule has 0 spiro atoms. The SMILES string of the molecule is CC(C)COc1cccc(-c2nc(NS(=O)(=O)c3cnn(C)c3)nc(Oc3ccc(C4CCN(C)CC4)cc3)c2C(F)(F)F)c1C#N. The van der Waals surface area contributed by atoms with E-state index in [2.05, 4.69) is 31.7 Å². The summed E-state index contributed by atoms with van der Waals surface area (Å²) in [6.07, 6.45) is -0.904. The molecule has 15 heteroatoms. The van der Waals surface area contributed by atoms with Gasteiger partial charge in [0.15, 0.2) is 0 Å². The highest BCUT2D eigenvalue weighted by Gasteiger charge is 2.41. The molecule has 1 aliphatic heterocycles. The zero-order chi connectivity index (χ0) is 33.9. The normalized spacial score (nSPS) is 14.6. The van der Waals surface area contributed by atoms with Crippen molar-refractivity contribution in [1.82, 2.24) is 24.6 Å². The van der Waals surface area contributed by atoms with Crippen LogP contribution >= 0.6 is 0 Å². The maximum atomic E-state index is 14.9. The van der Waals surface area contributed by atoms with E-state index in [4.69, 9.17) is 9.47 Å². The van der Waals surface area contributed by atoms with Gasteiger partial charge in [-0.25, -0.2) is 18.1 Å². The Bertz CT molecular complexity index is 1880. The Kier molecular flexibility index (Phi) is 9.73. The van der Waals surface area contributed by atoms with E-state index in [0.717, 1.165) is 37.7 Å². The van der Waals surface area contributed by atoms with Gasteiger partial charge >= 0.3 is 6.18 Å². The topological polar surface area (TPSA) is 135 Å². The number of likely N-dealkylation sites (tertiary alicyclic amines) is 1. The van der Waals surface area contributed by atoms with E-state index in [1.165, 1.54) is 36.1 Å². The van der Waals surface area contributed by atoms with Gasteiger partial charge in [-0.3, -0.25) is 4.68 Å². The van der Waals surface area contributed by atoms with E-state index in [0.29, 0.717) is 5.92 Å². The summed E-state index contributed by atoms with van der Waals surface area (Å²) < 4.78 is 86.0. The smallest absolute Gasteiger partial charge is 0.423 e. The van der Waals surface area contributed by atoms with Crippen molar-refractivity contribution in [3.05, 3.63) is 71.5 Å². The molecule has 2 aromatic heterocycles. The van der Waals surface area contributed by atoms with Gasteiger partial charge in [-0.2, -0.15) is 28.5 Å². The molecule has 4 aromatic rings. The zero-order valence-corrected chi connectivity index (χ0v) is 27.1. The standard InChI is InChI=1S/C32H34F3N7O4S/c1-20(2)19-45-27-7-5-6-25(26(27)16-36)29-28(32(33,34)35)30(39-31(38-29)40-47(43,44)24-17-37-42(4)18-24)46-23-10-8-21(9-11-23)22-12-14-41(3)15-13-22/h5-11,17-18,20,22H,12-15,19H2,1-4H3,(H,38,39,40). The van der Waals surface area contributed by atoms with Crippen LogP contribution in [0.5, 0.6) is 17.4 Å². The van der Waals surface area contributed by atoms with Crippen LogP contribution in [0, 0.1) is 17.2 Å². The third-order valence-corrected chi connectivity index (χ3v) is 8.91. The molecule has 0 amide bonds. The van der Waals surface area contributed by atoms with Crippen molar-refractivity contribution >= 4 is 16.0 Å². The van der Waals surface area contributed by atoms with E-state index >= 15 is 0 Å². The number of nitrogens with zero attached hydrogens (tertiary/aromatic N) is 6. The predicted octanol–water partition coefficient (Wildman–Crippen LogP) is 6.20. The summed E-state index contributed by atoms with van der Waals surface area (Å²) in [5.74, 6) is -1.18. The number of rotatable bonds is 10. The Morgan fingerprint density at radius 3 is 2.38 bits per heavy atom. The second-order valence-electron chi connectivity index (χ2n) is 11.8. The van der Waals surface area contributed by atoms with E-state index in [1.54, 1.807) is 24.3 Å². The van der Waals surface area contributed by atoms with Crippen LogP contribution in [0.15, 0.2) is 59.8 Å². The number of hydrogen-bond acceptors (Lipinski definition) is 9. The number of ether oxygens (including phenoxy) is 2. The van der Waals surface area contributed by atoms with Gasteiger partial charge in [0.25, 0.3) is 10.0 Å². The minimum atomic E-state index is -5.08. The summed E-state index contributed by atoms with van der Waals surface area (Å²) in [5.41, 5.74) is -1.58. The van der Waals surface area contributed by atoms with Gasteiger partial charge in [0.05, 0.1) is 18.5 Å². The molecule has 3 heterocycles. The second kappa shape index (κ2) is 13.6. The van der Waals surface area contributed by atoms with E-state index in [1.807, 2.05) is 19.9 Å². The molecule has 11 nitrogen and oxygen atoms in total. The fourth-order valence-corrected chi connectivity index (χ4v) is 6.14. The summed E-state index contributed by atoms with van der Waals surface area (Å²) in [6.45, 7) is 5.84. The summed E-state index contributed by atoms with van der Waals surface area (Å²) in [6, 6.07) is 12.8. The summed E-state index contributed by atoms with van der Waals surface area (Å²) >= 11 is 0. The highest BCUT2D eigenvalue weighted by atomic mass is 32.2. The molecule has 1 saturated heterocycles. The van der Waals surface area contributed by atoms with Crippen molar-refractivity contribution in [2.24, 2.45) is 13.0 Å². The first-order chi connectivity index (χ1) is 22.2. The molecule has 0 bridgehead atoms. The molecule has 248 valence electrons. The van der Waals surface area contributed by atoms with Crippen LogP contribution in [0.3, 0.4) is 0 Å². The van der Waals surface area contributed by atoms with Gasteiger partial charge < -0.3 is 14.4 Å². The minimum absolute atomic E-state index is 0.0485. The number of halogens is 3. The maximum absolute atomic E-state index is 14.9. The van der Waals surface area contributed by atoms with Gasteiger partial charge in [0.1, 0.15) is 33.6 Å². The third-order valence-electron chi connectivity index (χ3n) is 7.63. The minimum Gasteiger partial charge on any atom is -0.492 e. The Morgan fingerprint density at radius 1 is 1.09 bits per heavy atom. The maximum Gasteiger partial charge on any atom is 0.423 e. The number of aromatic nitrogens is 4. The van der Waals surface area contributed by atoms with Crippen LogP contribution in [-0.4, -0.2) is 59.8 Å².